The lowest BCUT2D eigenvalue weighted by Gasteiger charge is -1.93. The molecule has 0 aliphatic heterocycles. The standard InChI is InChI=1S/C8H4ClN3O2S2/c9-16(13,14)8-11-10-7-12(8)5-3-1-2-4-6(5)15-7/h1-4H. The minimum Gasteiger partial charge on any atom is -0.255 e. The normalized spacial score (nSPS) is 12.6. The van der Waals surface area contributed by atoms with Crippen LogP contribution in [0.1, 0.15) is 0 Å². The van der Waals surface area contributed by atoms with Crippen molar-refractivity contribution in [3.63, 3.8) is 0 Å². The molecule has 0 spiro atoms. The van der Waals surface area contributed by atoms with E-state index in [0.717, 1.165) is 10.2 Å². The Labute approximate surface area is 98.7 Å². The molecule has 0 aliphatic carbocycles. The van der Waals surface area contributed by atoms with Crippen LogP contribution in [-0.2, 0) is 9.05 Å². The molecule has 0 bridgehead atoms. The number of aromatic nitrogens is 3. The Balaban J connectivity index is 2.58. The lowest BCUT2D eigenvalue weighted by Crippen LogP contribution is -1.97. The summed E-state index contributed by atoms with van der Waals surface area (Å²) >= 11 is 1.36. The van der Waals surface area contributed by atoms with Crippen molar-refractivity contribution in [2.45, 2.75) is 5.16 Å². The van der Waals surface area contributed by atoms with Crippen molar-refractivity contribution in [3.8, 4) is 0 Å². The highest BCUT2D eigenvalue weighted by molar-refractivity contribution is 8.13. The van der Waals surface area contributed by atoms with E-state index in [9.17, 15) is 8.42 Å². The van der Waals surface area contributed by atoms with E-state index < -0.39 is 9.05 Å². The molecule has 2 heterocycles. The summed E-state index contributed by atoms with van der Waals surface area (Å²) in [6.45, 7) is 0. The summed E-state index contributed by atoms with van der Waals surface area (Å²) in [7, 11) is 1.41. The van der Waals surface area contributed by atoms with Gasteiger partial charge in [-0.05, 0) is 12.1 Å². The fourth-order valence-corrected chi connectivity index (χ4v) is 3.38. The van der Waals surface area contributed by atoms with Crippen molar-refractivity contribution in [2.75, 3.05) is 0 Å². The molecule has 0 aliphatic rings. The molecule has 3 rings (SSSR count). The molecule has 16 heavy (non-hydrogen) atoms. The largest absolute Gasteiger partial charge is 0.297 e. The molecule has 2 aromatic heterocycles. The summed E-state index contributed by atoms with van der Waals surface area (Å²) in [5.74, 6) is 0. The van der Waals surface area contributed by atoms with Gasteiger partial charge in [0, 0.05) is 10.7 Å². The fraction of sp³-hybridized carbons (Fsp3) is 0. The van der Waals surface area contributed by atoms with Crippen LogP contribution in [0.3, 0.4) is 0 Å². The smallest absolute Gasteiger partial charge is 0.255 e. The molecule has 0 unspecified atom stereocenters. The maximum absolute atomic E-state index is 11.3. The van der Waals surface area contributed by atoms with Crippen molar-refractivity contribution in [3.05, 3.63) is 24.3 Å². The first-order valence-corrected chi connectivity index (χ1v) is 7.37. The van der Waals surface area contributed by atoms with Gasteiger partial charge in [0.05, 0.1) is 10.2 Å². The zero-order valence-electron chi connectivity index (χ0n) is 7.66. The predicted octanol–water partition coefficient (Wildman–Crippen LogP) is 1.87. The number of rotatable bonds is 1. The number of hydrogen-bond donors (Lipinski definition) is 0. The molecule has 0 radical (unpaired) electrons. The van der Waals surface area contributed by atoms with E-state index in [0.29, 0.717) is 4.96 Å². The lowest BCUT2D eigenvalue weighted by molar-refractivity contribution is 0.600. The van der Waals surface area contributed by atoms with Gasteiger partial charge in [0.15, 0.2) is 0 Å². The molecule has 0 N–H and O–H groups in total. The first kappa shape index (κ1) is 10.0. The third kappa shape index (κ3) is 1.32. The third-order valence-electron chi connectivity index (χ3n) is 2.13. The summed E-state index contributed by atoms with van der Waals surface area (Å²) in [6.07, 6.45) is 0. The van der Waals surface area contributed by atoms with Gasteiger partial charge in [-0.25, -0.2) is 8.42 Å². The number of para-hydroxylation sites is 1. The van der Waals surface area contributed by atoms with Crippen LogP contribution in [0.4, 0.5) is 0 Å². The molecule has 3 aromatic rings. The van der Waals surface area contributed by atoms with Crippen molar-refractivity contribution >= 4 is 46.2 Å². The molecule has 5 nitrogen and oxygen atoms in total. The van der Waals surface area contributed by atoms with Crippen LogP contribution in [0, 0.1) is 0 Å². The summed E-state index contributed by atoms with van der Waals surface area (Å²) in [5, 5.41) is 7.14. The zero-order chi connectivity index (χ0) is 11.3. The number of benzene rings is 1. The topological polar surface area (TPSA) is 64.3 Å². The zero-order valence-corrected chi connectivity index (χ0v) is 10.1. The molecular formula is C8H4ClN3O2S2. The Kier molecular flexibility index (Phi) is 1.97. The van der Waals surface area contributed by atoms with Gasteiger partial charge in [0.25, 0.3) is 14.2 Å². The SMILES string of the molecule is O=S(=O)(Cl)c1nnc2sc3ccccc3n12. The average molecular weight is 274 g/mol. The predicted molar refractivity (Wildman–Crippen MR) is 61.4 cm³/mol. The second-order valence-corrected chi connectivity index (χ2v) is 6.58. The van der Waals surface area contributed by atoms with Gasteiger partial charge in [-0.2, -0.15) is 0 Å². The van der Waals surface area contributed by atoms with E-state index >= 15 is 0 Å². The summed E-state index contributed by atoms with van der Waals surface area (Å²) in [6, 6.07) is 7.38. The first-order valence-electron chi connectivity index (χ1n) is 4.25. The number of nitrogens with zero attached hydrogens (tertiary/aromatic N) is 3. The maximum Gasteiger partial charge on any atom is 0.297 e. The Bertz CT molecular complexity index is 790. The molecule has 1 aromatic carbocycles. The highest BCUT2D eigenvalue weighted by Gasteiger charge is 2.21. The van der Waals surface area contributed by atoms with Crippen LogP contribution in [0.2, 0.25) is 0 Å². The van der Waals surface area contributed by atoms with Gasteiger partial charge in [-0.15, -0.1) is 10.2 Å². The Hall–Kier alpha value is -1.18. The summed E-state index contributed by atoms with van der Waals surface area (Å²) in [4.78, 5) is 0.514. The van der Waals surface area contributed by atoms with Crippen molar-refractivity contribution in [2.24, 2.45) is 0 Å². The highest BCUT2D eigenvalue weighted by atomic mass is 35.7. The molecule has 0 atom stereocenters. The molecule has 8 heteroatoms. The van der Waals surface area contributed by atoms with Gasteiger partial charge in [-0.1, -0.05) is 23.5 Å². The molecule has 82 valence electrons. The number of thiazole rings is 1. The highest BCUT2D eigenvalue weighted by Crippen LogP contribution is 2.28. The van der Waals surface area contributed by atoms with Crippen LogP contribution in [-0.4, -0.2) is 23.0 Å². The van der Waals surface area contributed by atoms with E-state index in [4.69, 9.17) is 10.7 Å². The van der Waals surface area contributed by atoms with Gasteiger partial charge >= 0.3 is 0 Å². The van der Waals surface area contributed by atoms with Crippen molar-refractivity contribution < 1.29 is 8.42 Å². The molecule has 0 fully saturated rings. The van der Waals surface area contributed by atoms with Gasteiger partial charge in [0.2, 0.25) is 4.96 Å². The van der Waals surface area contributed by atoms with Gasteiger partial charge in [0.1, 0.15) is 0 Å². The minimum absolute atomic E-state index is 0.235. The van der Waals surface area contributed by atoms with Gasteiger partial charge in [-0.3, -0.25) is 4.40 Å². The average Bonchev–Trinajstić information content (AvgIpc) is 2.73. The lowest BCUT2D eigenvalue weighted by atomic mass is 10.3. The Morgan fingerprint density at radius 2 is 2.00 bits per heavy atom. The Morgan fingerprint density at radius 1 is 1.25 bits per heavy atom. The van der Waals surface area contributed by atoms with Crippen LogP contribution in [0.15, 0.2) is 29.4 Å². The molecule has 0 amide bonds. The number of fused-ring (bicyclic) bond motifs is 3. The van der Waals surface area contributed by atoms with Crippen LogP contribution in [0.25, 0.3) is 15.2 Å². The quantitative estimate of drug-likeness (QED) is 0.635. The van der Waals surface area contributed by atoms with Crippen LogP contribution in [0.5, 0.6) is 0 Å². The molecule has 0 saturated carbocycles. The molecule has 0 saturated heterocycles. The minimum atomic E-state index is -3.88. The second kappa shape index (κ2) is 3.16. The summed E-state index contributed by atoms with van der Waals surface area (Å²) in [5.41, 5.74) is 0.742. The molecular weight excluding hydrogens is 270 g/mol. The summed E-state index contributed by atoms with van der Waals surface area (Å²) < 4.78 is 25.0. The van der Waals surface area contributed by atoms with Crippen LogP contribution >= 0.6 is 22.0 Å². The monoisotopic (exact) mass is 273 g/mol. The van der Waals surface area contributed by atoms with E-state index in [1.54, 1.807) is 6.07 Å². The van der Waals surface area contributed by atoms with E-state index in [-0.39, 0.29) is 5.16 Å². The Morgan fingerprint density at radius 3 is 2.75 bits per heavy atom. The first-order chi connectivity index (χ1) is 7.57. The van der Waals surface area contributed by atoms with Gasteiger partial charge < -0.3 is 0 Å². The van der Waals surface area contributed by atoms with Crippen molar-refractivity contribution in [1.29, 1.82) is 0 Å². The second-order valence-electron chi connectivity index (χ2n) is 3.11. The van der Waals surface area contributed by atoms with Crippen molar-refractivity contribution in [1.82, 2.24) is 14.6 Å². The number of halogens is 1. The fourth-order valence-electron chi connectivity index (χ4n) is 1.51. The third-order valence-corrected chi connectivity index (χ3v) is 4.26. The maximum atomic E-state index is 11.3. The van der Waals surface area contributed by atoms with Crippen LogP contribution < -0.4 is 0 Å². The van der Waals surface area contributed by atoms with E-state index in [2.05, 4.69) is 10.2 Å². The van der Waals surface area contributed by atoms with E-state index in [1.165, 1.54) is 15.7 Å². The number of hydrogen-bond acceptors (Lipinski definition) is 5. The van der Waals surface area contributed by atoms with E-state index in [1.807, 2.05) is 18.2 Å².